The highest BCUT2D eigenvalue weighted by Crippen LogP contribution is 2.49. The van der Waals surface area contributed by atoms with Crippen LogP contribution in [0, 0.1) is 5.41 Å². The Labute approximate surface area is 146 Å². The van der Waals surface area contributed by atoms with Gasteiger partial charge in [0.25, 0.3) is 5.91 Å². The molecule has 0 bridgehead atoms. The van der Waals surface area contributed by atoms with E-state index in [1.54, 1.807) is 6.20 Å². The lowest BCUT2D eigenvalue weighted by Gasteiger charge is -2.48. The van der Waals surface area contributed by atoms with Gasteiger partial charge in [-0.25, -0.2) is 4.98 Å². The Morgan fingerprint density at radius 3 is 2.60 bits per heavy atom. The van der Waals surface area contributed by atoms with Gasteiger partial charge in [-0.2, -0.15) is 0 Å². The normalized spacial score (nSPS) is 19.4. The van der Waals surface area contributed by atoms with E-state index in [0.29, 0.717) is 11.0 Å². The zero-order chi connectivity index (χ0) is 17.0. The molecule has 1 spiro atoms. The van der Waals surface area contributed by atoms with Gasteiger partial charge < -0.3 is 15.6 Å². The molecule has 0 radical (unpaired) electrons. The molecule has 1 aromatic carbocycles. The van der Waals surface area contributed by atoms with Crippen molar-refractivity contribution < 1.29 is 4.79 Å². The maximum absolute atomic E-state index is 11.9. The van der Waals surface area contributed by atoms with Gasteiger partial charge in [0.15, 0.2) is 0 Å². The average Bonchev–Trinajstić information content (AvgIpc) is 2.99. The van der Waals surface area contributed by atoms with Gasteiger partial charge in [-0.15, -0.1) is 0 Å². The van der Waals surface area contributed by atoms with E-state index in [1.165, 1.54) is 32.1 Å². The summed E-state index contributed by atoms with van der Waals surface area (Å²) in [6.45, 7) is 2.08. The molecule has 5 nitrogen and oxygen atoms in total. The highest BCUT2D eigenvalue weighted by Gasteiger charge is 2.40. The highest BCUT2D eigenvalue weighted by atomic mass is 16.1. The average molecular weight is 334 g/mol. The first-order valence-electron chi connectivity index (χ1n) is 9.11. The number of piperidine rings is 1. The van der Waals surface area contributed by atoms with Gasteiger partial charge in [0.05, 0.1) is 16.5 Å². The number of aromatic nitrogens is 2. The standard InChI is InChI=1S/C20H22N4O/c21-18(25)14-12-22-19(24-10-8-20(9-11-24)6-3-7-20)16-13-4-1-2-5-15(13)23-17(14)16/h1-2,4-5,12,23H,3,6-11H2,(H2,21,25). The van der Waals surface area contributed by atoms with Crippen LogP contribution in [0.5, 0.6) is 0 Å². The Morgan fingerprint density at radius 1 is 1.16 bits per heavy atom. The van der Waals surface area contributed by atoms with Crippen molar-refractivity contribution in [3.05, 3.63) is 36.0 Å². The predicted octanol–water partition coefficient (Wildman–Crippen LogP) is 3.59. The number of nitrogens with two attached hydrogens (primary N) is 1. The van der Waals surface area contributed by atoms with Gasteiger partial charge in [-0.3, -0.25) is 4.79 Å². The molecule has 0 atom stereocenters. The van der Waals surface area contributed by atoms with E-state index in [-0.39, 0.29) is 0 Å². The van der Waals surface area contributed by atoms with Crippen molar-refractivity contribution in [1.29, 1.82) is 0 Å². The Bertz CT molecular complexity index is 976. The number of primary amides is 1. The van der Waals surface area contributed by atoms with E-state index in [2.05, 4.69) is 20.9 Å². The number of hydrogen-bond donors (Lipinski definition) is 2. The number of rotatable bonds is 2. The number of benzene rings is 1. The van der Waals surface area contributed by atoms with E-state index in [9.17, 15) is 4.79 Å². The Morgan fingerprint density at radius 2 is 1.92 bits per heavy atom. The van der Waals surface area contributed by atoms with Gasteiger partial charge in [0.1, 0.15) is 5.82 Å². The molecule has 1 saturated heterocycles. The minimum absolute atomic E-state index is 0.442. The van der Waals surface area contributed by atoms with Crippen molar-refractivity contribution in [3.63, 3.8) is 0 Å². The number of carbonyl (C=O) groups excluding carboxylic acids is 1. The zero-order valence-electron chi connectivity index (χ0n) is 14.2. The second-order valence-electron chi connectivity index (χ2n) is 7.62. The minimum Gasteiger partial charge on any atom is -0.365 e. The van der Waals surface area contributed by atoms with Crippen LogP contribution in [0.15, 0.2) is 30.5 Å². The number of para-hydroxylation sites is 1. The number of carbonyl (C=O) groups is 1. The lowest BCUT2D eigenvalue weighted by atomic mass is 9.63. The van der Waals surface area contributed by atoms with Gasteiger partial charge >= 0.3 is 0 Å². The number of anilines is 1. The number of amides is 1. The molecule has 1 amide bonds. The summed E-state index contributed by atoms with van der Waals surface area (Å²) in [5, 5.41) is 2.13. The third-order valence-electron chi connectivity index (χ3n) is 6.32. The van der Waals surface area contributed by atoms with E-state index in [1.807, 2.05) is 18.2 Å². The molecule has 5 rings (SSSR count). The number of H-pyrrole nitrogens is 1. The van der Waals surface area contributed by atoms with E-state index >= 15 is 0 Å². The molecule has 5 heteroatoms. The number of nitrogens with one attached hydrogen (secondary N) is 1. The lowest BCUT2D eigenvalue weighted by molar-refractivity contribution is 0.0954. The maximum Gasteiger partial charge on any atom is 0.252 e. The Hall–Kier alpha value is -2.56. The Kier molecular flexibility index (Phi) is 3.08. The first kappa shape index (κ1) is 14.8. The van der Waals surface area contributed by atoms with Gasteiger partial charge in [0, 0.05) is 30.2 Å². The number of fused-ring (bicyclic) bond motifs is 3. The van der Waals surface area contributed by atoms with Crippen LogP contribution in [-0.4, -0.2) is 29.0 Å². The Balaban J connectivity index is 1.65. The summed E-state index contributed by atoms with van der Waals surface area (Å²) >= 11 is 0. The summed E-state index contributed by atoms with van der Waals surface area (Å²) < 4.78 is 0. The first-order chi connectivity index (χ1) is 12.2. The van der Waals surface area contributed by atoms with Crippen LogP contribution in [0.4, 0.5) is 5.82 Å². The maximum atomic E-state index is 11.9. The van der Waals surface area contributed by atoms with E-state index in [0.717, 1.165) is 40.7 Å². The van der Waals surface area contributed by atoms with Crippen LogP contribution in [0.25, 0.3) is 21.8 Å². The van der Waals surface area contributed by atoms with Crippen molar-refractivity contribution in [2.75, 3.05) is 18.0 Å². The molecule has 0 unspecified atom stereocenters. The van der Waals surface area contributed by atoms with Crippen LogP contribution in [0.2, 0.25) is 0 Å². The number of aromatic amines is 1. The van der Waals surface area contributed by atoms with Gasteiger partial charge in [0.2, 0.25) is 0 Å². The fourth-order valence-electron chi connectivity index (χ4n) is 4.63. The van der Waals surface area contributed by atoms with Crippen molar-refractivity contribution in [2.45, 2.75) is 32.1 Å². The summed E-state index contributed by atoms with van der Waals surface area (Å²) in [7, 11) is 0. The molecule has 1 aliphatic heterocycles. The SMILES string of the molecule is NC(=O)c1cnc(N2CCC3(CCC3)CC2)c2c1[nH]c1ccccc12. The molecular weight excluding hydrogens is 312 g/mol. The quantitative estimate of drug-likeness (QED) is 0.752. The van der Waals surface area contributed by atoms with Gasteiger partial charge in [-0.1, -0.05) is 24.6 Å². The van der Waals surface area contributed by atoms with E-state index in [4.69, 9.17) is 5.73 Å². The molecule has 1 aliphatic carbocycles. The van der Waals surface area contributed by atoms with Crippen LogP contribution in [0.1, 0.15) is 42.5 Å². The number of nitrogens with zero attached hydrogens (tertiary/aromatic N) is 2. The first-order valence-corrected chi connectivity index (χ1v) is 9.11. The van der Waals surface area contributed by atoms with Crippen molar-refractivity contribution >= 4 is 33.5 Å². The second-order valence-corrected chi connectivity index (χ2v) is 7.62. The number of pyridine rings is 1. The van der Waals surface area contributed by atoms with Crippen molar-refractivity contribution in [2.24, 2.45) is 11.1 Å². The topological polar surface area (TPSA) is 75.0 Å². The summed E-state index contributed by atoms with van der Waals surface area (Å²) in [4.78, 5) is 22.3. The molecular formula is C20H22N4O. The smallest absolute Gasteiger partial charge is 0.252 e. The minimum atomic E-state index is -0.442. The second kappa shape index (κ2) is 5.22. The van der Waals surface area contributed by atoms with Crippen molar-refractivity contribution in [1.82, 2.24) is 9.97 Å². The monoisotopic (exact) mass is 334 g/mol. The lowest BCUT2D eigenvalue weighted by Crippen LogP contribution is -2.44. The predicted molar refractivity (Wildman–Crippen MR) is 99.8 cm³/mol. The van der Waals surface area contributed by atoms with Crippen LogP contribution in [0.3, 0.4) is 0 Å². The molecule has 2 aromatic heterocycles. The summed E-state index contributed by atoms with van der Waals surface area (Å²) in [6, 6.07) is 8.14. The zero-order valence-corrected chi connectivity index (χ0v) is 14.2. The molecule has 25 heavy (non-hydrogen) atoms. The van der Waals surface area contributed by atoms with Crippen LogP contribution >= 0.6 is 0 Å². The summed E-state index contributed by atoms with van der Waals surface area (Å²) in [6.07, 6.45) is 8.28. The summed E-state index contributed by atoms with van der Waals surface area (Å²) in [5.41, 5.74) is 8.46. The third kappa shape index (κ3) is 2.15. The molecule has 1 saturated carbocycles. The van der Waals surface area contributed by atoms with Gasteiger partial charge in [-0.05, 0) is 37.2 Å². The van der Waals surface area contributed by atoms with Crippen LogP contribution in [-0.2, 0) is 0 Å². The molecule has 3 heterocycles. The molecule has 2 aliphatic rings. The van der Waals surface area contributed by atoms with Crippen molar-refractivity contribution in [3.8, 4) is 0 Å². The highest BCUT2D eigenvalue weighted by molar-refractivity contribution is 6.18. The van der Waals surface area contributed by atoms with Crippen LogP contribution < -0.4 is 10.6 Å². The summed E-state index contributed by atoms with van der Waals surface area (Å²) in [5.74, 6) is 0.536. The fraction of sp³-hybridized carbons (Fsp3) is 0.400. The molecule has 3 N–H and O–H groups in total. The van der Waals surface area contributed by atoms with E-state index < -0.39 is 5.91 Å². The molecule has 2 fully saturated rings. The third-order valence-corrected chi connectivity index (χ3v) is 6.32. The molecule has 3 aromatic rings. The largest absolute Gasteiger partial charge is 0.365 e. The molecule has 128 valence electrons. The number of hydrogen-bond acceptors (Lipinski definition) is 3. The fourth-order valence-corrected chi connectivity index (χ4v) is 4.63.